The molecular formula is C26H32ClN5O3. The number of carbonyl (C=O) groups is 1. The third-order valence-electron chi connectivity index (χ3n) is 6.08. The third kappa shape index (κ3) is 5.26. The second-order valence-electron chi connectivity index (χ2n) is 9.41. The zero-order valence-corrected chi connectivity index (χ0v) is 21.8. The molecule has 3 rings (SSSR count). The van der Waals surface area contributed by atoms with E-state index < -0.39 is 5.60 Å². The monoisotopic (exact) mass is 497 g/mol. The van der Waals surface area contributed by atoms with Crippen molar-refractivity contribution in [2.45, 2.75) is 59.1 Å². The van der Waals surface area contributed by atoms with E-state index in [4.69, 9.17) is 16.3 Å². The van der Waals surface area contributed by atoms with Gasteiger partial charge in [0, 0.05) is 35.7 Å². The lowest BCUT2D eigenvalue weighted by Gasteiger charge is -2.43. The molecule has 2 heterocycles. The van der Waals surface area contributed by atoms with E-state index in [1.807, 2.05) is 27.7 Å². The van der Waals surface area contributed by atoms with Crippen molar-refractivity contribution in [3.8, 4) is 11.8 Å². The molecule has 8 nitrogen and oxygen atoms in total. The standard InChI is InChI=1S/C26H32ClN5O3/c1-8-35-23-18(15(4)31-24-21(14(2)3)16(5)29-13-30-24)9-20(27)19(10-28)22(23)17-11-32(12-17)25(33)26(6,7)34/h9,13,15,17,34H,2,8,11-12H2,1,3-7H3,(H,29,30,31). The number of nitrogens with one attached hydrogen (secondary N) is 1. The summed E-state index contributed by atoms with van der Waals surface area (Å²) in [6, 6.07) is 3.69. The van der Waals surface area contributed by atoms with Crippen LogP contribution < -0.4 is 10.1 Å². The Kier molecular flexibility index (Phi) is 7.73. The van der Waals surface area contributed by atoms with Crippen molar-refractivity contribution in [1.82, 2.24) is 14.9 Å². The number of amides is 1. The molecule has 1 aromatic heterocycles. The Hall–Kier alpha value is -3.15. The Morgan fingerprint density at radius 2 is 2.11 bits per heavy atom. The van der Waals surface area contributed by atoms with Gasteiger partial charge in [0.1, 0.15) is 29.6 Å². The van der Waals surface area contributed by atoms with E-state index in [-0.39, 0.29) is 17.9 Å². The molecule has 0 aliphatic carbocycles. The molecule has 2 aromatic rings. The molecule has 1 fully saturated rings. The second kappa shape index (κ2) is 10.2. The van der Waals surface area contributed by atoms with Crippen LogP contribution in [0.1, 0.15) is 74.5 Å². The number of ether oxygens (including phenoxy) is 1. The van der Waals surface area contributed by atoms with E-state index in [0.717, 1.165) is 22.4 Å². The number of nitrogens with zero attached hydrogens (tertiary/aromatic N) is 4. The first-order valence-electron chi connectivity index (χ1n) is 11.6. The van der Waals surface area contributed by atoms with Gasteiger partial charge in [-0.05, 0) is 53.2 Å². The number of benzene rings is 1. The number of aryl methyl sites for hydroxylation is 1. The predicted octanol–water partition coefficient (Wildman–Crippen LogP) is 4.61. The molecule has 1 aliphatic heterocycles. The third-order valence-corrected chi connectivity index (χ3v) is 6.38. The van der Waals surface area contributed by atoms with E-state index >= 15 is 0 Å². The van der Waals surface area contributed by atoms with Crippen LogP contribution in [0.4, 0.5) is 5.82 Å². The number of allylic oxidation sites excluding steroid dienone is 1. The highest BCUT2D eigenvalue weighted by Gasteiger charge is 2.41. The van der Waals surface area contributed by atoms with Crippen molar-refractivity contribution in [3.63, 3.8) is 0 Å². The van der Waals surface area contributed by atoms with Gasteiger partial charge in [-0.25, -0.2) is 9.97 Å². The molecule has 0 radical (unpaired) electrons. The summed E-state index contributed by atoms with van der Waals surface area (Å²) in [6.45, 7) is 15.8. The summed E-state index contributed by atoms with van der Waals surface area (Å²) in [5.41, 5.74) is 2.85. The molecule has 1 unspecified atom stereocenters. The van der Waals surface area contributed by atoms with E-state index in [2.05, 4.69) is 27.9 Å². The van der Waals surface area contributed by atoms with Gasteiger partial charge in [-0.3, -0.25) is 4.79 Å². The van der Waals surface area contributed by atoms with Crippen LogP contribution in [0.3, 0.4) is 0 Å². The fourth-order valence-electron chi connectivity index (χ4n) is 4.39. The Bertz CT molecular complexity index is 1190. The summed E-state index contributed by atoms with van der Waals surface area (Å²) < 4.78 is 6.09. The van der Waals surface area contributed by atoms with Crippen molar-refractivity contribution in [1.29, 1.82) is 5.26 Å². The molecule has 186 valence electrons. The highest BCUT2D eigenvalue weighted by molar-refractivity contribution is 6.32. The number of rotatable bonds is 8. The number of halogens is 1. The number of nitriles is 1. The normalized spacial score (nSPS) is 14.7. The van der Waals surface area contributed by atoms with Crippen molar-refractivity contribution in [2.75, 3.05) is 25.0 Å². The molecule has 1 amide bonds. The van der Waals surface area contributed by atoms with E-state index in [1.54, 1.807) is 11.0 Å². The molecule has 1 aliphatic rings. The molecule has 1 saturated heterocycles. The average molecular weight is 498 g/mol. The van der Waals surface area contributed by atoms with Crippen LogP contribution >= 0.6 is 11.6 Å². The van der Waals surface area contributed by atoms with Crippen molar-refractivity contribution in [3.05, 3.63) is 51.9 Å². The Morgan fingerprint density at radius 3 is 2.66 bits per heavy atom. The van der Waals surface area contributed by atoms with Crippen LogP contribution in [0.15, 0.2) is 19.0 Å². The molecule has 35 heavy (non-hydrogen) atoms. The highest BCUT2D eigenvalue weighted by atomic mass is 35.5. The Balaban J connectivity index is 2.04. The SMILES string of the molecule is C=C(C)c1c(C)ncnc1NC(C)c1cc(Cl)c(C#N)c(C2CN(C(=O)C(C)(C)O)C2)c1OCC. The van der Waals surface area contributed by atoms with Gasteiger partial charge in [-0.1, -0.05) is 18.2 Å². The highest BCUT2D eigenvalue weighted by Crippen LogP contribution is 2.44. The van der Waals surface area contributed by atoms with Crippen molar-refractivity contribution >= 4 is 28.9 Å². The van der Waals surface area contributed by atoms with Gasteiger partial charge in [0.2, 0.25) is 0 Å². The van der Waals surface area contributed by atoms with Gasteiger partial charge in [0.25, 0.3) is 5.91 Å². The first-order chi connectivity index (χ1) is 16.4. The second-order valence-corrected chi connectivity index (χ2v) is 9.81. The summed E-state index contributed by atoms with van der Waals surface area (Å²) in [4.78, 5) is 22.7. The molecule has 1 atom stereocenters. The van der Waals surface area contributed by atoms with Gasteiger partial charge < -0.3 is 20.1 Å². The first kappa shape index (κ1) is 26.5. The smallest absolute Gasteiger partial charge is 0.253 e. The predicted molar refractivity (Wildman–Crippen MR) is 136 cm³/mol. The maximum absolute atomic E-state index is 12.5. The largest absolute Gasteiger partial charge is 0.493 e. The first-order valence-corrected chi connectivity index (χ1v) is 11.9. The number of carbonyl (C=O) groups excluding carboxylic acids is 1. The number of hydrogen-bond acceptors (Lipinski definition) is 7. The summed E-state index contributed by atoms with van der Waals surface area (Å²) in [5.74, 6) is 0.729. The lowest BCUT2D eigenvalue weighted by atomic mass is 9.84. The van der Waals surface area contributed by atoms with Crippen molar-refractivity contribution in [2.24, 2.45) is 0 Å². The summed E-state index contributed by atoms with van der Waals surface area (Å²) in [6.07, 6.45) is 1.50. The van der Waals surface area contributed by atoms with Crippen LogP contribution in [0, 0.1) is 18.3 Å². The van der Waals surface area contributed by atoms with Crippen LogP contribution in [0.2, 0.25) is 5.02 Å². The minimum atomic E-state index is -1.46. The van der Waals surface area contributed by atoms with Crippen LogP contribution in [-0.4, -0.2) is 51.2 Å². The fraction of sp³-hybridized carbons (Fsp3) is 0.462. The van der Waals surface area contributed by atoms with Gasteiger partial charge in [0.05, 0.1) is 28.9 Å². The van der Waals surface area contributed by atoms with Crippen molar-refractivity contribution < 1.29 is 14.6 Å². The van der Waals surface area contributed by atoms with Crippen LogP contribution in [0.25, 0.3) is 5.57 Å². The Labute approximate surface area is 211 Å². The molecule has 1 aromatic carbocycles. The number of hydrogen-bond donors (Lipinski definition) is 2. The lowest BCUT2D eigenvalue weighted by molar-refractivity contribution is -0.152. The van der Waals surface area contributed by atoms with Gasteiger partial charge in [-0.2, -0.15) is 5.26 Å². The molecular weight excluding hydrogens is 466 g/mol. The lowest BCUT2D eigenvalue weighted by Crippen LogP contribution is -2.55. The quantitative estimate of drug-likeness (QED) is 0.547. The number of aromatic nitrogens is 2. The Morgan fingerprint density at radius 1 is 1.46 bits per heavy atom. The average Bonchev–Trinajstić information content (AvgIpc) is 2.73. The van der Waals surface area contributed by atoms with Gasteiger partial charge in [0.15, 0.2) is 0 Å². The van der Waals surface area contributed by atoms with E-state index in [0.29, 0.717) is 47.4 Å². The minimum absolute atomic E-state index is 0.144. The van der Waals surface area contributed by atoms with Crippen LogP contribution in [0.5, 0.6) is 5.75 Å². The van der Waals surface area contributed by atoms with E-state index in [9.17, 15) is 15.2 Å². The number of likely N-dealkylation sites (tertiary alicyclic amines) is 1. The summed E-state index contributed by atoms with van der Waals surface area (Å²) in [5, 5.41) is 23.7. The number of anilines is 1. The van der Waals surface area contributed by atoms with Crippen LogP contribution in [-0.2, 0) is 4.79 Å². The molecule has 0 bridgehead atoms. The van der Waals surface area contributed by atoms with Gasteiger partial charge >= 0.3 is 0 Å². The summed E-state index contributed by atoms with van der Waals surface area (Å²) >= 11 is 6.59. The topological polar surface area (TPSA) is 111 Å². The maximum Gasteiger partial charge on any atom is 0.253 e. The molecule has 0 spiro atoms. The van der Waals surface area contributed by atoms with E-state index in [1.165, 1.54) is 20.2 Å². The summed E-state index contributed by atoms with van der Waals surface area (Å²) in [7, 11) is 0. The zero-order chi connectivity index (χ0) is 26.1. The fourth-order valence-corrected chi connectivity index (χ4v) is 4.65. The number of aliphatic hydroxyl groups is 1. The molecule has 0 saturated carbocycles. The zero-order valence-electron chi connectivity index (χ0n) is 21.1. The molecule has 9 heteroatoms. The minimum Gasteiger partial charge on any atom is -0.493 e. The molecule has 2 N–H and O–H groups in total. The van der Waals surface area contributed by atoms with Gasteiger partial charge in [-0.15, -0.1) is 0 Å². The maximum atomic E-state index is 12.5.